The van der Waals surface area contributed by atoms with E-state index in [9.17, 15) is 9.59 Å². The lowest BCUT2D eigenvalue weighted by Crippen LogP contribution is -2.46. The zero-order valence-electron chi connectivity index (χ0n) is 18.9. The third-order valence-corrected chi connectivity index (χ3v) is 4.65. The van der Waals surface area contributed by atoms with Crippen molar-refractivity contribution in [3.63, 3.8) is 0 Å². The van der Waals surface area contributed by atoms with Crippen LogP contribution in [-0.2, 0) is 4.79 Å². The van der Waals surface area contributed by atoms with Gasteiger partial charge in [0.2, 0.25) is 0 Å². The van der Waals surface area contributed by atoms with Crippen molar-refractivity contribution in [3.05, 3.63) is 58.6 Å². The third-order valence-electron chi connectivity index (χ3n) is 4.40. The Kier molecular flexibility index (Phi) is 10.3. The molecule has 2 aromatic carbocycles. The first-order valence-corrected chi connectivity index (χ1v) is 10.9. The van der Waals surface area contributed by atoms with Gasteiger partial charge in [-0.15, -0.1) is 6.42 Å². The van der Waals surface area contributed by atoms with Crippen LogP contribution in [-0.4, -0.2) is 37.3 Å². The van der Waals surface area contributed by atoms with E-state index in [1.165, 1.54) is 6.21 Å². The monoisotopic (exact) mass is 469 g/mol. The Morgan fingerprint density at radius 1 is 1.15 bits per heavy atom. The maximum absolute atomic E-state index is 12.7. The van der Waals surface area contributed by atoms with Crippen LogP contribution in [0, 0.1) is 18.3 Å². The van der Waals surface area contributed by atoms with Crippen molar-refractivity contribution in [2.24, 2.45) is 11.0 Å². The van der Waals surface area contributed by atoms with E-state index in [0.29, 0.717) is 40.7 Å². The molecule has 0 bridgehead atoms. The number of halogens is 1. The van der Waals surface area contributed by atoms with E-state index in [1.807, 2.05) is 20.8 Å². The maximum Gasteiger partial charge on any atom is 0.262 e. The summed E-state index contributed by atoms with van der Waals surface area (Å²) in [7, 11) is 0. The number of nitrogens with one attached hydrogen (secondary N) is 2. The summed E-state index contributed by atoms with van der Waals surface area (Å²) < 4.78 is 11.0. The van der Waals surface area contributed by atoms with Crippen LogP contribution in [0.3, 0.4) is 0 Å². The third kappa shape index (κ3) is 8.51. The Bertz CT molecular complexity index is 1010. The lowest BCUT2D eigenvalue weighted by Gasteiger charge is -2.19. The summed E-state index contributed by atoms with van der Waals surface area (Å²) in [5.74, 6) is 2.86. The number of hydrogen-bond acceptors (Lipinski definition) is 5. The second-order valence-electron chi connectivity index (χ2n) is 7.53. The van der Waals surface area contributed by atoms with Crippen molar-refractivity contribution >= 4 is 29.6 Å². The summed E-state index contributed by atoms with van der Waals surface area (Å²) in [6, 6.07) is 10.9. The standard InChI is InChI=1S/C25H28ClN3O4/c1-5-13-33-22-12-7-18(15-23(22)32-6-2)16-27-29-25(31)21(14-17(3)4)28-24(30)19-8-10-20(26)11-9-19/h1,7-12,15-17,21H,6,13-14H2,2-4H3,(H,28,30)(H,29,31). The second-order valence-corrected chi connectivity index (χ2v) is 7.97. The van der Waals surface area contributed by atoms with E-state index >= 15 is 0 Å². The van der Waals surface area contributed by atoms with Crippen molar-refractivity contribution in [1.29, 1.82) is 0 Å². The van der Waals surface area contributed by atoms with E-state index in [1.54, 1.807) is 42.5 Å². The molecule has 0 radical (unpaired) electrons. The lowest BCUT2D eigenvalue weighted by atomic mass is 10.0. The van der Waals surface area contributed by atoms with Gasteiger partial charge in [0.05, 0.1) is 12.8 Å². The van der Waals surface area contributed by atoms with E-state index in [2.05, 4.69) is 21.8 Å². The molecule has 1 atom stereocenters. The molecule has 0 saturated carbocycles. The van der Waals surface area contributed by atoms with Gasteiger partial charge in [0.1, 0.15) is 12.6 Å². The molecule has 0 aromatic heterocycles. The molecular weight excluding hydrogens is 442 g/mol. The summed E-state index contributed by atoms with van der Waals surface area (Å²) in [4.78, 5) is 25.3. The van der Waals surface area contributed by atoms with Gasteiger partial charge in [-0.1, -0.05) is 31.4 Å². The maximum atomic E-state index is 12.7. The van der Waals surface area contributed by atoms with Gasteiger partial charge < -0.3 is 14.8 Å². The molecule has 0 heterocycles. The minimum absolute atomic E-state index is 0.128. The summed E-state index contributed by atoms with van der Waals surface area (Å²) in [6.45, 7) is 6.38. The highest BCUT2D eigenvalue weighted by molar-refractivity contribution is 6.30. The van der Waals surface area contributed by atoms with E-state index in [-0.39, 0.29) is 18.4 Å². The molecule has 0 aliphatic carbocycles. The summed E-state index contributed by atoms with van der Waals surface area (Å²) in [5, 5.41) is 7.33. The first-order chi connectivity index (χ1) is 15.8. The number of terminal acetylenes is 1. The van der Waals surface area contributed by atoms with Gasteiger partial charge >= 0.3 is 0 Å². The smallest absolute Gasteiger partial charge is 0.262 e. The Balaban J connectivity index is 2.06. The van der Waals surface area contributed by atoms with Crippen LogP contribution < -0.4 is 20.2 Å². The first-order valence-electron chi connectivity index (χ1n) is 10.6. The fraction of sp³-hybridized carbons (Fsp3) is 0.320. The van der Waals surface area contributed by atoms with Crippen molar-refractivity contribution in [2.75, 3.05) is 13.2 Å². The van der Waals surface area contributed by atoms with Crippen LogP contribution in [0.2, 0.25) is 5.02 Å². The zero-order chi connectivity index (χ0) is 24.2. The summed E-state index contributed by atoms with van der Waals surface area (Å²) in [6.07, 6.45) is 7.18. The van der Waals surface area contributed by atoms with Crippen molar-refractivity contribution in [3.8, 4) is 23.8 Å². The number of hydrazone groups is 1. The van der Waals surface area contributed by atoms with E-state index < -0.39 is 11.9 Å². The predicted molar refractivity (Wildman–Crippen MR) is 130 cm³/mol. The van der Waals surface area contributed by atoms with Crippen molar-refractivity contribution < 1.29 is 19.1 Å². The van der Waals surface area contributed by atoms with E-state index in [4.69, 9.17) is 27.5 Å². The zero-order valence-corrected chi connectivity index (χ0v) is 19.7. The van der Waals surface area contributed by atoms with Crippen LogP contribution in [0.4, 0.5) is 0 Å². The highest BCUT2D eigenvalue weighted by Gasteiger charge is 2.22. The van der Waals surface area contributed by atoms with Gasteiger partial charge in [0.15, 0.2) is 11.5 Å². The number of carbonyl (C=O) groups is 2. The Hall–Kier alpha value is -3.50. The van der Waals surface area contributed by atoms with Gasteiger partial charge in [0.25, 0.3) is 11.8 Å². The van der Waals surface area contributed by atoms with E-state index in [0.717, 1.165) is 0 Å². The van der Waals surface area contributed by atoms with Crippen molar-refractivity contribution in [2.45, 2.75) is 33.2 Å². The van der Waals surface area contributed by atoms with Crippen LogP contribution in [0.5, 0.6) is 11.5 Å². The first kappa shape index (κ1) is 25.8. The Labute approximate surface area is 199 Å². The normalized spacial score (nSPS) is 11.6. The number of amides is 2. The molecule has 0 saturated heterocycles. The SMILES string of the molecule is C#CCOc1ccc(C=NNC(=O)C(CC(C)C)NC(=O)c2ccc(Cl)cc2)cc1OCC. The molecule has 7 nitrogen and oxygen atoms in total. The van der Waals surface area contributed by atoms with Gasteiger partial charge in [-0.2, -0.15) is 5.10 Å². The fourth-order valence-corrected chi connectivity index (χ4v) is 3.03. The number of hydrogen-bond donors (Lipinski definition) is 2. The van der Waals surface area contributed by atoms with Gasteiger partial charge in [0, 0.05) is 10.6 Å². The molecular formula is C25H28ClN3O4. The molecule has 33 heavy (non-hydrogen) atoms. The number of benzene rings is 2. The van der Waals surface area contributed by atoms with Crippen LogP contribution in [0.25, 0.3) is 0 Å². The molecule has 0 fully saturated rings. The summed E-state index contributed by atoms with van der Waals surface area (Å²) in [5.41, 5.74) is 3.61. The molecule has 8 heteroatoms. The predicted octanol–water partition coefficient (Wildman–Crippen LogP) is 4.05. The Morgan fingerprint density at radius 2 is 1.88 bits per heavy atom. The quantitative estimate of drug-likeness (QED) is 0.295. The fourth-order valence-electron chi connectivity index (χ4n) is 2.91. The highest BCUT2D eigenvalue weighted by atomic mass is 35.5. The minimum atomic E-state index is -0.746. The minimum Gasteiger partial charge on any atom is -0.490 e. The van der Waals surface area contributed by atoms with Gasteiger partial charge in [-0.25, -0.2) is 5.43 Å². The molecule has 0 aliphatic rings. The average Bonchev–Trinajstić information content (AvgIpc) is 2.78. The molecule has 2 amide bonds. The van der Waals surface area contributed by atoms with Crippen LogP contribution in [0.1, 0.15) is 43.1 Å². The molecule has 1 unspecified atom stereocenters. The lowest BCUT2D eigenvalue weighted by molar-refractivity contribution is -0.123. The van der Waals surface area contributed by atoms with Gasteiger partial charge in [-0.3, -0.25) is 9.59 Å². The number of rotatable bonds is 11. The largest absolute Gasteiger partial charge is 0.490 e. The van der Waals surface area contributed by atoms with Crippen molar-refractivity contribution in [1.82, 2.24) is 10.7 Å². The van der Waals surface area contributed by atoms with Crippen LogP contribution >= 0.6 is 11.6 Å². The molecule has 174 valence electrons. The summed E-state index contributed by atoms with van der Waals surface area (Å²) >= 11 is 5.87. The number of ether oxygens (including phenoxy) is 2. The molecule has 0 aliphatic heterocycles. The molecule has 2 aromatic rings. The number of nitrogens with zero attached hydrogens (tertiary/aromatic N) is 1. The number of carbonyl (C=O) groups excluding carboxylic acids is 2. The molecule has 2 rings (SSSR count). The second kappa shape index (κ2) is 13.1. The topological polar surface area (TPSA) is 89.0 Å². The Morgan fingerprint density at radius 3 is 2.52 bits per heavy atom. The molecule has 0 spiro atoms. The molecule has 2 N–H and O–H groups in total. The average molecular weight is 470 g/mol. The highest BCUT2D eigenvalue weighted by Crippen LogP contribution is 2.28. The van der Waals surface area contributed by atoms with Gasteiger partial charge in [-0.05, 0) is 67.3 Å². The van der Waals surface area contributed by atoms with Crippen LogP contribution in [0.15, 0.2) is 47.6 Å².